The number of carbonyl (C=O) groups is 1. The molecule has 0 bridgehead atoms. The van der Waals surface area contributed by atoms with E-state index >= 15 is 0 Å². The molecule has 0 fully saturated rings. The second kappa shape index (κ2) is 7.42. The minimum absolute atomic E-state index is 0.000229. The molecule has 0 aliphatic heterocycles. The maximum Gasteiger partial charge on any atom is 0.258 e. The van der Waals surface area contributed by atoms with Crippen molar-refractivity contribution in [1.29, 1.82) is 0 Å². The number of ether oxygens (including phenoxy) is 1. The molecule has 1 amide bonds. The normalized spacial score (nSPS) is 12.1. The topological polar surface area (TPSA) is 69.0 Å². The van der Waals surface area contributed by atoms with E-state index in [0.717, 1.165) is 0 Å². The lowest BCUT2D eigenvalue weighted by molar-refractivity contribution is -0.124. The van der Waals surface area contributed by atoms with Gasteiger partial charge in [-0.3, -0.25) is 4.79 Å². The van der Waals surface area contributed by atoms with Gasteiger partial charge in [-0.05, 0) is 18.1 Å². The molecule has 6 nitrogen and oxygen atoms in total. The first-order chi connectivity index (χ1) is 10.1. The lowest BCUT2D eigenvalue weighted by Crippen LogP contribution is -2.44. The Morgan fingerprint density at radius 3 is 2.52 bits per heavy atom. The monoisotopic (exact) mass is 288 g/mol. The molecule has 112 valence electrons. The van der Waals surface area contributed by atoms with Gasteiger partial charge in [0.2, 0.25) is 0 Å². The molecule has 0 saturated carbocycles. The highest BCUT2D eigenvalue weighted by molar-refractivity contribution is 5.77. The minimum Gasteiger partial charge on any atom is -0.484 e. The third kappa shape index (κ3) is 4.91. The molecule has 21 heavy (non-hydrogen) atoms. The molecule has 1 aromatic carbocycles. The van der Waals surface area contributed by atoms with Crippen LogP contribution in [0.15, 0.2) is 42.7 Å². The van der Waals surface area contributed by atoms with E-state index < -0.39 is 0 Å². The molecule has 1 atom stereocenters. The maximum absolute atomic E-state index is 12.0. The first-order valence-corrected chi connectivity index (χ1v) is 6.96. The van der Waals surface area contributed by atoms with E-state index in [0.29, 0.717) is 12.3 Å². The van der Waals surface area contributed by atoms with Gasteiger partial charge >= 0.3 is 0 Å². The van der Waals surface area contributed by atoms with Crippen molar-refractivity contribution >= 4 is 5.91 Å². The number of para-hydroxylation sites is 1. The number of nitrogens with one attached hydrogen (secondary N) is 1. The summed E-state index contributed by atoms with van der Waals surface area (Å²) in [5.41, 5.74) is 0. The van der Waals surface area contributed by atoms with Gasteiger partial charge in [-0.2, -0.15) is 15.0 Å². The van der Waals surface area contributed by atoms with Crippen LogP contribution in [0.1, 0.15) is 13.8 Å². The smallest absolute Gasteiger partial charge is 0.258 e. The molecule has 2 rings (SSSR count). The van der Waals surface area contributed by atoms with Crippen molar-refractivity contribution in [2.75, 3.05) is 6.61 Å². The molecule has 1 heterocycles. The molecule has 0 aliphatic carbocycles. The van der Waals surface area contributed by atoms with Gasteiger partial charge in [0, 0.05) is 0 Å². The number of carbonyl (C=O) groups excluding carboxylic acids is 1. The van der Waals surface area contributed by atoms with Crippen molar-refractivity contribution < 1.29 is 9.53 Å². The predicted octanol–water partition coefficient (Wildman–Crippen LogP) is 1.50. The second-order valence-electron chi connectivity index (χ2n) is 5.10. The van der Waals surface area contributed by atoms with Crippen molar-refractivity contribution in [2.45, 2.75) is 26.4 Å². The fourth-order valence-corrected chi connectivity index (χ4v) is 1.85. The van der Waals surface area contributed by atoms with Crippen LogP contribution < -0.4 is 10.1 Å². The average molecular weight is 288 g/mol. The highest BCUT2D eigenvalue weighted by atomic mass is 16.5. The SMILES string of the molecule is CC(C)[C@H](Cn1nccn1)NC(=O)COc1ccccc1. The van der Waals surface area contributed by atoms with Gasteiger partial charge in [-0.1, -0.05) is 32.0 Å². The van der Waals surface area contributed by atoms with Gasteiger partial charge in [-0.25, -0.2) is 0 Å². The number of nitrogens with zero attached hydrogens (tertiary/aromatic N) is 3. The number of hydrogen-bond donors (Lipinski definition) is 1. The molecule has 0 unspecified atom stereocenters. The zero-order chi connectivity index (χ0) is 15.1. The number of amides is 1. The summed E-state index contributed by atoms with van der Waals surface area (Å²) in [6.07, 6.45) is 3.25. The van der Waals surface area contributed by atoms with Crippen LogP contribution in [-0.2, 0) is 11.3 Å². The molecular weight excluding hydrogens is 268 g/mol. The largest absolute Gasteiger partial charge is 0.484 e. The van der Waals surface area contributed by atoms with Crippen molar-refractivity contribution in [1.82, 2.24) is 20.3 Å². The number of benzene rings is 1. The highest BCUT2D eigenvalue weighted by Crippen LogP contribution is 2.08. The molecule has 1 N–H and O–H groups in total. The van der Waals surface area contributed by atoms with Crippen molar-refractivity contribution in [3.05, 3.63) is 42.7 Å². The van der Waals surface area contributed by atoms with Crippen LogP contribution >= 0.6 is 0 Å². The van der Waals surface area contributed by atoms with E-state index in [9.17, 15) is 4.79 Å². The first-order valence-electron chi connectivity index (χ1n) is 6.96. The Balaban J connectivity index is 1.83. The summed E-state index contributed by atoms with van der Waals surface area (Å²) >= 11 is 0. The van der Waals surface area contributed by atoms with Crippen molar-refractivity contribution in [2.24, 2.45) is 5.92 Å². The van der Waals surface area contributed by atoms with Crippen LogP contribution in [0.4, 0.5) is 0 Å². The fraction of sp³-hybridized carbons (Fsp3) is 0.400. The van der Waals surface area contributed by atoms with E-state index in [1.165, 1.54) is 0 Å². The molecular formula is C15H20N4O2. The van der Waals surface area contributed by atoms with Gasteiger partial charge in [0.15, 0.2) is 6.61 Å². The molecule has 0 spiro atoms. The molecule has 6 heteroatoms. The number of aromatic nitrogens is 3. The van der Waals surface area contributed by atoms with Crippen LogP contribution in [0.25, 0.3) is 0 Å². The van der Waals surface area contributed by atoms with Crippen molar-refractivity contribution in [3.63, 3.8) is 0 Å². The zero-order valence-corrected chi connectivity index (χ0v) is 12.3. The van der Waals surface area contributed by atoms with Crippen molar-refractivity contribution in [3.8, 4) is 5.75 Å². The number of rotatable bonds is 7. The Morgan fingerprint density at radius 1 is 1.24 bits per heavy atom. The Hall–Kier alpha value is -2.37. The van der Waals surface area contributed by atoms with Gasteiger partial charge < -0.3 is 10.1 Å². The van der Waals surface area contributed by atoms with E-state index in [-0.39, 0.29) is 24.5 Å². The summed E-state index contributed by atoms with van der Waals surface area (Å²) in [7, 11) is 0. The third-order valence-electron chi connectivity index (χ3n) is 3.09. The fourth-order valence-electron chi connectivity index (χ4n) is 1.85. The standard InChI is InChI=1S/C15H20N4O2/c1-12(2)14(10-19-16-8-9-17-19)18-15(20)11-21-13-6-4-3-5-7-13/h3-9,12,14H,10-11H2,1-2H3,(H,18,20)/t14-/m0/s1. The summed E-state index contributed by atoms with van der Waals surface area (Å²) in [5.74, 6) is 0.809. The molecule has 2 aromatic rings. The molecule has 0 saturated heterocycles. The van der Waals surface area contributed by atoms with Crippen LogP contribution in [0.5, 0.6) is 5.75 Å². The predicted molar refractivity (Wildman–Crippen MR) is 78.7 cm³/mol. The quantitative estimate of drug-likeness (QED) is 0.838. The summed E-state index contributed by atoms with van der Waals surface area (Å²) < 4.78 is 5.43. The third-order valence-corrected chi connectivity index (χ3v) is 3.09. The van der Waals surface area contributed by atoms with Crippen LogP contribution in [0.3, 0.4) is 0 Å². The summed E-state index contributed by atoms with van der Waals surface area (Å²) in [6, 6.07) is 9.24. The molecule has 0 aliphatic rings. The van der Waals surface area contributed by atoms with E-state index in [4.69, 9.17) is 4.74 Å². The molecule has 0 radical (unpaired) electrons. The summed E-state index contributed by atoms with van der Waals surface area (Å²) in [6.45, 7) is 4.64. The Morgan fingerprint density at radius 2 is 1.90 bits per heavy atom. The highest BCUT2D eigenvalue weighted by Gasteiger charge is 2.17. The lowest BCUT2D eigenvalue weighted by Gasteiger charge is -2.21. The van der Waals surface area contributed by atoms with Crippen LogP contribution in [-0.4, -0.2) is 33.5 Å². The number of hydrogen-bond acceptors (Lipinski definition) is 4. The van der Waals surface area contributed by atoms with Gasteiger partial charge in [0.1, 0.15) is 5.75 Å². The molecule has 1 aromatic heterocycles. The lowest BCUT2D eigenvalue weighted by atomic mass is 10.0. The average Bonchev–Trinajstić information content (AvgIpc) is 2.98. The van der Waals surface area contributed by atoms with E-state index in [1.807, 2.05) is 44.2 Å². The maximum atomic E-state index is 12.0. The minimum atomic E-state index is -0.148. The van der Waals surface area contributed by atoms with Crippen LogP contribution in [0.2, 0.25) is 0 Å². The Bertz CT molecular complexity index is 540. The second-order valence-corrected chi connectivity index (χ2v) is 5.10. The van der Waals surface area contributed by atoms with Gasteiger partial charge in [0.25, 0.3) is 5.91 Å². The Labute approximate surface area is 124 Å². The van der Waals surface area contributed by atoms with Gasteiger partial charge in [0.05, 0.1) is 25.0 Å². The van der Waals surface area contributed by atoms with E-state index in [2.05, 4.69) is 15.5 Å². The summed E-state index contributed by atoms with van der Waals surface area (Å²) in [5, 5.41) is 11.1. The van der Waals surface area contributed by atoms with E-state index in [1.54, 1.807) is 17.2 Å². The van der Waals surface area contributed by atoms with Crippen LogP contribution in [0, 0.1) is 5.92 Å². The first kappa shape index (κ1) is 15.0. The Kier molecular flexibility index (Phi) is 5.31. The van der Waals surface area contributed by atoms with Gasteiger partial charge in [-0.15, -0.1) is 0 Å². The summed E-state index contributed by atoms with van der Waals surface area (Å²) in [4.78, 5) is 13.5. The zero-order valence-electron chi connectivity index (χ0n) is 12.3.